The summed E-state index contributed by atoms with van der Waals surface area (Å²) in [6, 6.07) is 1.78. The van der Waals surface area contributed by atoms with Crippen LogP contribution in [0, 0.1) is 0 Å². The van der Waals surface area contributed by atoms with Crippen molar-refractivity contribution in [2.75, 3.05) is 25.6 Å². The fourth-order valence-electron chi connectivity index (χ4n) is 0.995. The monoisotopic (exact) mass is 215 g/mol. The summed E-state index contributed by atoms with van der Waals surface area (Å²) in [6.07, 6.45) is 4.22. The maximum Gasteiger partial charge on any atom is 0.222 e. The number of halogens is 1. The van der Waals surface area contributed by atoms with Crippen molar-refractivity contribution in [2.24, 2.45) is 0 Å². The molecular formula is C9H14ClN3O. The van der Waals surface area contributed by atoms with Gasteiger partial charge in [0.25, 0.3) is 0 Å². The van der Waals surface area contributed by atoms with Gasteiger partial charge in [0.15, 0.2) is 0 Å². The number of hydrogen-bond acceptors (Lipinski definition) is 4. The van der Waals surface area contributed by atoms with Gasteiger partial charge in [0.2, 0.25) is 5.95 Å². The number of nitrogens with zero attached hydrogens (tertiary/aromatic N) is 2. The first kappa shape index (κ1) is 11.2. The Bertz CT molecular complexity index is 245. The lowest BCUT2D eigenvalue weighted by Crippen LogP contribution is -2.14. The minimum atomic E-state index is 0.0382. The number of anilines is 1. The van der Waals surface area contributed by atoms with Gasteiger partial charge >= 0.3 is 0 Å². The predicted octanol–water partition coefficient (Wildman–Crippen LogP) is 1.53. The van der Waals surface area contributed by atoms with E-state index in [-0.39, 0.29) is 5.38 Å². The van der Waals surface area contributed by atoms with Crippen molar-refractivity contribution >= 4 is 17.5 Å². The van der Waals surface area contributed by atoms with E-state index in [1.807, 2.05) is 0 Å². The highest BCUT2D eigenvalue weighted by Gasteiger charge is 2.03. The van der Waals surface area contributed by atoms with Gasteiger partial charge in [0.05, 0.1) is 12.0 Å². The quantitative estimate of drug-likeness (QED) is 0.732. The molecule has 1 aromatic heterocycles. The van der Waals surface area contributed by atoms with Crippen LogP contribution in [0.2, 0.25) is 0 Å². The largest absolute Gasteiger partial charge is 0.383 e. The second-order valence-corrected chi connectivity index (χ2v) is 3.46. The molecule has 1 unspecified atom stereocenters. The average molecular weight is 216 g/mol. The van der Waals surface area contributed by atoms with Crippen LogP contribution in [0.5, 0.6) is 0 Å². The molecule has 0 aliphatic carbocycles. The SMILES string of the molecule is COCC(Cl)CCNc1ncccn1. The van der Waals surface area contributed by atoms with E-state index >= 15 is 0 Å². The molecule has 0 saturated carbocycles. The molecule has 5 heteroatoms. The number of ether oxygens (including phenoxy) is 1. The number of methoxy groups -OCH3 is 1. The highest BCUT2D eigenvalue weighted by molar-refractivity contribution is 6.20. The zero-order chi connectivity index (χ0) is 10.2. The van der Waals surface area contributed by atoms with Crippen LogP contribution >= 0.6 is 11.6 Å². The Morgan fingerprint density at radius 2 is 2.21 bits per heavy atom. The van der Waals surface area contributed by atoms with E-state index < -0.39 is 0 Å². The minimum Gasteiger partial charge on any atom is -0.383 e. The molecule has 1 rings (SSSR count). The number of aromatic nitrogens is 2. The Morgan fingerprint density at radius 1 is 1.50 bits per heavy atom. The third-order valence-corrected chi connectivity index (χ3v) is 2.00. The van der Waals surface area contributed by atoms with Crippen LogP contribution in [-0.4, -0.2) is 35.6 Å². The van der Waals surface area contributed by atoms with Crippen LogP contribution in [0.3, 0.4) is 0 Å². The third-order valence-electron chi connectivity index (χ3n) is 1.65. The van der Waals surface area contributed by atoms with Gasteiger partial charge in [0, 0.05) is 26.0 Å². The fourth-order valence-corrected chi connectivity index (χ4v) is 1.23. The molecule has 0 aromatic carbocycles. The standard InChI is InChI=1S/C9H14ClN3O/c1-14-7-8(10)3-6-13-9-11-4-2-5-12-9/h2,4-5,8H,3,6-7H2,1H3,(H,11,12,13). The highest BCUT2D eigenvalue weighted by atomic mass is 35.5. The van der Waals surface area contributed by atoms with Gasteiger partial charge in [-0.15, -0.1) is 11.6 Å². The molecule has 1 atom stereocenters. The van der Waals surface area contributed by atoms with Crippen molar-refractivity contribution < 1.29 is 4.74 Å². The van der Waals surface area contributed by atoms with Gasteiger partial charge in [-0.05, 0) is 12.5 Å². The van der Waals surface area contributed by atoms with Gasteiger partial charge in [0.1, 0.15) is 0 Å². The summed E-state index contributed by atoms with van der Waals surface area (Å²) in [5.41, 5.74) is 0. The lowest BCUT2D eigenvalue weighted by Gasteiger charge is -2.08. The Hall–Kier alpha value is -0.870. The lowest BCUT2D eigenvalue weighted by molar-refractivity contribution is 0.196. The molecule has 14 heavy (non-hydrogen) atoms. The predicted molar refractivity (Wildman–Crippen MR) is 56.7 cm³/mol. The van der Waals surface area contributed by atoms with E-state index in [0.29, 0.717) is 12.6 Å². The molecule has 78 valence electrons. The second kappa shape index (κ2) is 6.56. The van der Waals surface area contributed by atoms with E-state index in [4.69, 9.17) is 16.3 Å². The van der Waals surface area contributed by atoms with Crippen molar-refractivity contribution in [2.45, 2.75) is 11.8 Å². The molecule has 0 saturated heterocycles. The topological polar surface area (TPSA) is 47.0 Å². The molecule has 1 heterocycles. The smallest absolute Gasteiger partial charge is 0.222 e. The summed E-state index contributed by atoms with van der Waals surface area (Å²) in [6.45, 7) is 1.32. The van der Waals surface area contributed by atoms with Crippen LogP contribution in [0.25, 0.3) is 0 Å². The van der Waals surface area contributed by atoms with E-state index in [1.165, 1.54) is 0 Å². The molecule has 0 spiro atoms. The Morgan fingerprint density at radius 3 is 2.86 bits per heavy atom. The Kier molecular flexibility index (Phi) is 5.25. The van der Waals surface area contributed by atoms with Crippen LogP contribution in [0.15, 0.2) is 18.5 Å². The van der Waals surface area contributed by atoms with Crippen LogP contribution < -0.4 is 5.32 Å². The number of rotatable bonds is 6. The molecule has 0 aliphatic rings. The summed E-state index contributed by atoms with van der Waals surface area (Å²) in [5, 5.41) is 3.11. The van der Waals surface area contributed by atoms with E-state index in [2.05, 4.69) is 15.3 Å². The molecule has 1 aromatic rings. The first-order valence-corrected chi connectivity index (χ1v) is 4.90. The van der Waals surface area contributed by atoms with Gasteiger partial charge in [-0.3, -0.25) is 0 Å². The molecular weight excluding hydrogens is 202 g/mol. The first-order chi connectivity index (χ1) is 6.83. The summed E-state index contributed by atoms with van der Waals surface area (Å²) in [7, 11) is 1.64. The first-order valence-electron chi connectivity index (χ1n) is 4.47. The zero-order valence-electron chi connectivity index (χ0n) is 8.11. The summed E-state index contributed by atoms with van der Waals surface area (Å²) < 4.78 is 4.92. The van der Waals surface area contributed by atoms with E-state index in [0.717, 1.165) is 13.0 Å². The number of hydrogen-bond donors (Lipinski definition) is 1. The van der Waals surface area contributed by atoms with Crippen molar-refractivity contribution in [3.63, 3.8) is 0 Å². The lowest BCUT2D eigenvalue weighted by atomic mass is 10.3. The van der Waals surface area contributed by atoms with Gasteiger partial charge in [-0.25, -0.2) is 9.97 Å². The molecule has 4 nitrogen and oxygen atoms in total. The Labute approximate surface area is 88.7 Å². The maximum absolute atomic E-state index is 5.94. The summed E-state index contributed by atoms with van der Waals surface area (Å²) in [5.74, 6) is 0.633. The molecule has 0 fully saturated rings. The van der Waals surface area contributed by atoms with E-state index in [1.54, 1.807) is 25.6 Å². The number of nitrogens with one attached hydrogen (secondary N) is 1. The molecule has 0 aliphatic heterocycles. The second-order valence-electron chi connectivity index (χ2n) is 2.84. The van der Waals surface area contributed by atoms with Crippen molar-refractivity contribution in [1.82, 2.24) is 9.97 Å². The summed E-state index contributed by atoms with van der Waals surface area (Å²) in [4.78, 5) is 8.05. The van der Waals surface area contributed by atoms with Gasteiger partial charge < -0.3 is 10.1 Å². The van der Waals surface area contributed by atoms with Crippen LogP contribution in [-0.2, 0) is 4.74 Å². The normalized spacial score (nSPS) is 12.4. The minimum absolute atomic E-state index is 0.0382. The summed E-state index contributed by atoms with van der Waals surface area (Å²) >= 11 is 5.94. The average Bonchev–Trinajstić information content (AvgIpc) is 2.20. The van der Waals surface area contributed by atoms with Crippen molar-refractivity contribution in [3.8, 4) is 0 Å². The maximum atomic E-state index is 5.94. The van der Waals surface area contributed by atoms with Crippen molar-refractivity contribution in [1.29, 1.82) is 0 Å². The van der Waals surface area contributed by atoms with E-state index in [9.17, 15) is 0 Å². The Balaban J connectivity index is 2.16. The van der Waals surface area contributed by atoms with Crippen molar-refractivity contribution in [3.05, 3.63) is 18.5 Å². The van der Waals surface area contributed by atoms with Gasteiger partial charge in [-0.2, -0.15) is 0 Å². The molecule has 0 radical (unpaired) electrons. The zero-order valence-corrected chi connectivity index (χ0v) is 8.87. The molecule has 0 amide bonds. The third kappa shape index (κ3) is 4.39. The van der Waals surface area contributed by atoms with Gasteiger partial charge in [-0.1, -0.05) is 0 Å². The fraction of sp³-hybridized carbons (Fsp3) is 0.556. The molecule has 0 bridgehead atoms. The molecule has 1 N–H and O–H groups in total. The van der Waals surface area contributed by atoms with Crippen LogP contribution in [0.4, 0.5) is 5.95 Å². The number of alkyl halides is 1. The highest BCUT2D eigenvalue weighted by Crippen LogP contribution is 2.03. The van der Waals surface area contributed by atoms with Crippen LogP contribution in [0.1, 0.15) is 6.42 Å².